The fraction of sp³-hybridized carbons (Fsp3) is 0.273. The fourth-order valence-corrected chi connectivity index (χ4v) is 1.57. The third-order valence-corrected chi connectivity index (χ3v) is 2.44. The monoisotopic (exact) mass is 215 g/mol. The Morgan fingerprint density at radius 2 is 1.88 bits per heavy atom. The summed E-state index contributed by atoms with van der Waals surface area (Å²) < 4.78 is 0. The second-order valence-electron chi connectivity index (χ2n) is 3.50. The number of aryl methyl sites for hydroxylation is 2. The summed E-state index contributed by atoms with van der Waals surface area (Å²) in [6.07, 6.45) is 3.16. The minimum absolute atomic E-state index is 0.460. The summed E-state index contributed by atoms with van der Waals surface area (Å²) in [5.41, 5.74) is 9.17. The van der Waals surface area contributed by atoms with E-state index in [1.165, 1.54) is 6.33 Å². The molecule has 2 heterocycles. The highest BCUT2D eigenvalue weighted by atomic mass is 14.9. The van der Waals surface area contributed by atoms with Gasteiger partial charge in [0, 0.05) is 29.7 Å². The summed E-state index contributed by atoms with van der Waals surface area (Å²) >= 11 is 0. The van der Waals surface area contributed by atoms with Crippen LogP contribution in [0.4, 0.5) is 0 Å². The predicted molar refractivity (Wildman–Crippen MR) is 60.4 cm³/mol. The Bertz CT molecular complexity index is 472. The lowest BCUT2D eigenvalue weighted by Gasteiger charge is -2.08. The van der Waals surface area contributed by atoms with Crippen LogP contribution in [-0.4, -0.2) is 19.9 Å². The molecule has 0 aliphatic rings. The number of nitrogens with two attached hydrogens (primary N) is 1. The van der Waals surface area contributed by atoms with Gasteiger partial charge in [-0.05, 0) is 19.9 Å². The van der Waals surface area contributed by atoms with Crippen LogP contribution in [0.2, 0.25) is 0 Å². The standard InChI is InChI=1S/C11H13N5/c1-7-9(5-12)8(2)16-11(15-7)10-3-4-13-6-14-10/h3-4,6H,5,12H2,1-2H3. The first-order chi connectivity index (χ1) is 7.72. The van der Waals surface area contributed by atoms with Crippen LogP contribution in [-0.2, 0) is 6.54 Å². The summed E-state index contributed by atoms with van der Waals surface area (Å²) in [5.74, 6) is 0.620. The topological polar surface area (TPSA) is 77.6 Å². The molecule has 0 saturated heterocycles. The highest BCUT2D eigenvalue weighted by molar-refractivity contribution is 5.49. The Balaban J connectivity index is 2.53. The summed E-state index contributed by atoms with van der Waals surface area (Å²) in [6, 6.07) is 1.79. The number of nitrogens with zero attached hydrogens (tertiary/aromatic N) is 4. The van der Waals surface area contributed by atoms with Gasteiger partial charge < -0.3 is 5.73 Å². The molecule has 0 saturated carbocycles. The minimum atomic E-state index is 0.460. The van der Waals surface area contributed by atoms with Crippen molar-refractivity contribution in [3.8, 4) is 11.5 Å². The van der Waals surface area contributed by atoms with Gasteiger partial charge in [0.2, 0.25) is 0 Å². The van der Waals surface area contributed by atoms with Crippen molar-refractivity contribution >= 4 is 0 Å². The van der Waals surface area contributed by atoms with Crippen molar-refractivity contribution in [2.75, 3.05) is 0 Å². The smallest absolute Gasteiger partial charge is 0.178 e. The lowest BCUT2D eigenvalue weighted by molar-refractivity contribution is 0.933. The summed E-state index contributed by atoms with van der Waals surface area (Å²) in [7, 11) is 0. The average Bonchev–Trinajstić information content (AvgIpc) is 2.30. The van der Waals surface area contributed by atoms with Gasteiger partial charge in [0.1, 0.15) is 12.0 Å². The van der Waals surface area contributed by atoms with Crippen LogP contribution in [0.25, 0.3) is 11.5 Å². The molecule has 2 aromatic rings. The van der Waals surface area contributed by atoms with Gasteiger partial charge in [-0.3, -0.25) is 0 Å². The molecule has 0 amide bonds. The van der Waals surface area contributed by atoms with E-state index in [4.69, 9.17) is 5.73 Å². The van der Waals surface area contributed by atoms with Crippen molar-refractivity contribution < 1.29 is 0 Å². The highest BCUT2D eigenvalue weighted by Gasteiger charge is 2.08. The molecular weight excluding hydrogens is 202 g/mol. The molecule has 2 rings (SSSR count). The molecule has 0 spiro atoms. The van der Waals surface area contributed by atoms with Crippen molar-refractivity contribution in [1.82, 2.24) is 19.9 Å². The van der Waals surface area contributed by atoms with Crippen LogP contribution in [0.1, 0.15) is 17.0 Å². The van der Waals surface area contributed by atoms with E-state index < -0.39 is 0 Å². The Hall–Kier alpha value is -1.88. The second kappa shape index (κ2) is 4.32. The maximum absolute atomic E-state index is 5.63. The van der Waals surface area contributed by atoms with Crippen LogP contribution in [0.15, 0.2) is 18.6 Å². The van der Waals surface area contributed by atoms with Gasteiger partial charge in [0.05, 0.1) is 0 Å². The van der Waals surface area contributed by atoms with E-state index in [1.807, 2.05) is 13.8 Å². The zero-order chi connectivity index (χ0) is 11.5. The molecule has 0 bridgehead atoms. The van der Waals surface area contributed by atoms with E-state index in [-0.39, 0.29) is 0 Å². The van der Waals surface area contributed by atoms with Crippen molar-refractivity contribution in [2.24, 2.45) is 5.73 Å². The van der Waals surface area contributed by atoms with Gasteiger partial charge in [-0.25, -0.2) is 19.9 Å². The predicted octanol–water partition coefficient (Wildman–Crippen LogP) is 1.01. The lowest BCUT2D eigenvalue weighted by atomic mass is 10.1. The molecule has 0 aliphatic carbocycles. The van der Waals surface area contributed by atoms with Crippen LogP contribution in [0, 0.1) is 13.8 Å². The molecule has 5 nitrogen and oxygen atoms in total. The zero-order valence-corrected chi connectivity index (χ0v) is 9.31. The van der Waals surface area contributed by atoms with E-state index >= 15 is 0 Å². The SMILES string of the molecule is Cc1nc(-c2ccncn2)nc(C)c1CN. The van der Waals surface area contributed by atoms with Crippen LogP contribution < -0.4 is 5.73 Å². The van der Waals surface area contributed by atoms with Crippen molar-refractivity contribution in [1.29, 1.82) is 0 Å². The number of rotatable bonds is 2. The maximum atomic E-state index is 5.63. The first kappa shape index (κ1) is 10.6. The van der Waals surface area contributed by atoms with Gasteiger partial charge in [0.25, 0.3) is 0 Å². The lowest BCUT2D eigenvalue weighted by Crippen LogP contribution is -2.07. The molecule has 0 unspecified atom stereocenters. The number of hydrogen-bond acceptors (Lipinski definition) is 5. The van der Waals surface area contributed by atoms with E-state index in [9.17, 15) is 0 Å². The third kappa shape index (κ3) is 1.90. The van der Waals surface area contributed by atoms with E-state index in [2.05, 4.69) is 19.9 Å². The minimum Gasteiger partial charge on any atom is -0.326 e. The molecule has 0 aromatic carbocycles. The molecule has 16 heavy (non-hydrogen) atoms. The fourth-order valence-electron chi connectivity index (χ4n) is 1.57. The van der Waals surface area contributed by atoms with Gasteiger partial charge >= 0.3 is 0 Å². The van der Waals surface area contributed by atoms with Crippen molar-refractivity contribution in [3.05, 3.63) is 35.5 Å². The van der Waals surface area contributed by atoms with Gasteiger partial charge in [-0.1, -0.05) is 0 Å². The Morgan fingerprint density at radius 3 is 2.38 bits per heavy atom. The molecule has 2 N–H and O–H groups in total. The number of aromatic nitrogens is 4. The van der Waals surface area contributed by atoms with Gasteiger partial charge in [0.15, 0.2) is 5.82 Å². The Morgan fingerprint density at radius 1 is 1.19 bits per heavy atom. The first-order valence-electron chi connectivity index (χ1n) is 5.03. The van der Waals surface area contributed by atoms with Crippen LogP contribution >= 0.6 is 0 Å². The highest BCUT2D eigenvalue weighted by Crippen LogP contribution is 2.15. The first-order valence-corrected chi connectivity index (χ1v) is 5.03. The summed E-state index contributed by atoms with van der Waals surface area (Å²) in [6.45, 7) is 4.32. The van der Waals surface area contributed by atoms with Crippen LogP contribution in [0.3, 0.4) is 0 Å². The van der Waals surface area contributed by atoms with Crippen LogP contribution in [0.5, 0.6) is 0 Å². The quantitative estimate of drug-likeness (QED) is 0.808. The molecule has 82 valence electrons. The number of hydrogen-bond donors (Lipinski definition) is 1. The van der Waals surface area contributed by atoms with E-state index in [0.29, 0.717) is 12.4 Å². The molecule has 0 atom stereocenters. The largest absolute Gasteiger partial charge is 0.326 e. The zero-order valence-electron chi connectivity index (χ0n) is 9.31. The van der Waals surface area contributed by atoms with Gasteiger partial charge in [-0.2, -0.15) is 0 Å². The second-order valence-corrected chi connectivity index (χ2v) is 3.50. The third-order valence-electron chi connectivity index (χ3n) is 2.44. The van der Waals surface area contributed by atoms with Gasteiger partial charge in [-0.15, -0.1) is 0 Å². The van der Waals surface area contributed by atoms with Crippen molar-refractivity contribution in [3.63, 3.8) is 0 Å². The Kier molecular flexibility index (Phi) is 2.87. The molecule has 0 fully saturated rings. The molecule has 5 heteroatoms. The molecule has 2 aromatic heterocycles. The molecule has 0 aliphatic heterocycles. The van der Waals surface area contributed by atoms with Crippen molar-refractivity contribution in [2.45, 2.75) is 20.4 Å². The average molecular weight is 215 g/mol. The normalized spacial score (nSPS) is 10.4. The van der Waals surface area contributed by atoms with E-state index in [1.54, 1.807) is 12.3 Å². The maximum Gasteiger partial charge on any atom is 0.178 e. The Labute approximate surface area is 93.8 Å². The van der Waals surface area contributed by atoms with E-state index in [0.717, 1.165) is 22.6 Å². The molecular formula is C11H13N5. The summed E-state index contributed by atoms with van der Waals surface area (Å²) in [5, 5.41) is 0. The molecule has 0 radical (unpaired) electrons. The summed E-state index contributed by atoms with van der Waals surface area (Å²) in [4.78, 5) is 16.8.